The van der Waals surface area contributed by atoms with Crippen LogP contribution in [0, 0.1) is 0 Å². The summed E-state index contributed by atoms with van der Waals surface area (Å²) in [6.07, 6.45) is 4.81. The van der Waals surface area contributed by atoms with Crippen LogP contribution in [0.3, 0.4) is 0 Å². The Balaban J connectivity index is 0.00000121. The quantitative estimate of drug-likeness (QED) is 0.589. The van der Waals surface area contributed by atoms with E-state index in [4.69, 9.17) is 0 Å². The molecule has 1 fully saturated rings. The molecule has 0 bridgehead atoms. The van der Waals surface area contributed by atoms with Crippen LogP contribution in [0.4, 0.5) is 0 Å². The molecule has 1 rings (SSSR count). The van der Waals surface area contributed by atoms with Gasteiger partial charge in [-0.3, -0.25) is 0 Å². The SMILES string of the molecule is O=S(=O)([O-])NC1CCCCC1.[Ag+]. The predicted molar refractivity (Wildman–Crippen MR) is 39.7 cm³/mol. The van der Waals surface area contributed by atoms with E-state index >= 15 is 0 Å². The van der Waals surface area contributed by atoms with E-state index < -0.39 is 10.3 Å². The molecule has 0 spiro atoms. The maximum atomic E-state index is 10.2. The molecular weight excluding hydrogens is 274 g/mol. The van der Waals surface area contributed by atoms with Crippen molar-refractivity contribution in [2.24, 2.45) is 0 Å². The summed E-state index contributed by atoms with van der Waals surface area (Å²) in [4.78, 5) is 0. The number of rotatable bonds is 2. The van der Waals surface area contributed by atoms with E-state index in [0.717, 1.165) is 32.1 Å². The van der Waals surface area contributed by atoms with Crippen molar-refractivity contribution in [2.75, 3.05) is 0 Å². The van der Waals surface area contributed by atoms with E-state index in [9.17, 15) is 13.0 Å². The Bertz CT molecular complexity index is 211. The Morgan fingerprint density at radius 1 is 1.17 bits per heavy atom. The molecule has 1 N–H and O–H groups in total. The molecule has 0 unspecified atom stereocenters. The largest absolute Gasteiger partial charge is 1.00 e. The smallest absolute Gasteiger partial charge is 0.735 e. The Hall–Kier alpha value is 0.610. The van der Waals surface area contributed by atoms with E-state index in [-0.39, 0.29) is 28.4 Å². The molecule has 0 aromatic rings. The van der Waals surface area contributed by atoms with Gasteiger partial charge >= 0.3 is 22.4 Å². The summed E-state index contributed by atoms with van der Waals surface area (Å²) in [6, 6.07) is -0.105. The first-order valence-electron chi connectivity index (χ1n) is 3.81. The van der Waals surface area contributed by atoms with Gasteiger partial charge in [0.2, 0.25) is 0 Å². The van der Waals surface area contributed by atoms with Gasteiger partial charge in [-0.25, -0.2) is 13.1 Å². The summed E-state index contributed by atoms with van der Waals surface area (Å²) in [6.45, 7) is 0. The summed E-state index contributed by atoms with van der Waals surface area (Å²) in [5.41, 5.74) is 0. The molecule has 0 saturated heterocycles. The van der Waals surface area contributed by atoms with Crippen LogP contribution in [0.15, 0.2) is 0 Å². The van der Waals surface area contributed by atoms with Crippen molar-refractivity contribution in [3.05, 3.63) is 0 Å². The minimum Gasteiger partial charge on any atom is -0.735 e. The van der Waals surface area contributed by atoms with Crippen LogP contribution in [0.25, 0.3) is 0 Å². The van der Waals surface area contributed by atoms with Crippen molar-refractivity contribution in [1.82, 2.24) is 4.72 Å². The fraction of sp³-hybridized carbons (Fsp3) is 1.00. The fourth-order valence-electron chi connectivity index (χ4n) is 1.42. The van der Waals surface area contributed by atoms with Crippen LogP contribution < -0.4 is 4.72 Å². The van der Waals surface area contributed by atoms with Gasteiger partial charge in [0.15, 0.2) is 10.3 Å². The topological polar surface area (TPSA) is 69.2 Å². The van der Waals surface area contributed by atoms with Gasteiger partial charge in [0, 0.05) is 6.04 Å². The standard InChI is InChI=1S/C6H13NO3S.Ag/c8-11(9,10)7-6-4-2-1-3-5-6;/h6-7H,1-5H2,(H,8,9,10);/q;+1/p-1. The molecule has 0 aliphatic heterocycles. The van der Waals surface area contributed by atoms with Crippen molar-refractivity contribution in [2.45, 2.75) is 38.1 Å². The minimum absolute atomic E-state index is 0. The van der Waals surface area contributed by atoms with Gasteiger partial charge in [-0.15, -0.1) is 0 Å². The summed E-state index contributed by atoms with van der Waals surface area (Å²) in [5.74, 6) is 0. The molecule has 0 aromatic heterocycles. The normalized spacial score (nSPS) is 20.1. The first-order valence-corrected chi connectivity index (χ1v) is 5.22. The van der Waals surface area contributed by atoms with Crippen molar-refractivity contribution < 1.29 is 35.4 Å². The summed E-state index contributed by atoms with van der Waals surface area (Å²) in [5, 5.41) is 0. The van der Waals surface area contributed by atoms with Crippen LogP contribution in [-0.2, 0) is 32.7 Å². The number of hydrogen-bond acceptors (Lipinski definition) is 3. The van der Waals surface area contributed by atoms with Crippen LogP contribution in [0.1, 0.15) is 32.1 Å². The van der Waals surface area contributed by atoms with Gasteiger partial charge in [-0.2, -0.15) is 0 Å². The van der Waals surface area contributed by atoms with Crippen molar-refractivity contribution in [3.8, 4) is 0 Å². The second-order valence-corrected chi connectivity index (χ2v) is 4.05. The molecule has 76 valence electrons. The van der Waals surface area contributed by atoms with Gasteiger partial charge < -0.3 is 4.55 Å². The third kappa shape index (κ3) is 5.29. The van der Waals surface area contributed by atoms with Crippen molar-refractivity contribution in [1.29, 1.82) is 0 Å². The van der Waals surface area contributed by atoms with Crippen LogP contribution in [-0.4, -0.2) is 19.0 Å². The van der Waals surface area contributed by atoms with Crippen molar-refractivity contribution in [3.63, 3.8) is 0 Å². The summed E-state index contributed by atoms with van der Waals surface area (Å²) >= 11 is 0. The monoisotopic (exact) mass is 285 g/mol. The zero-order valence-electron chi connectivity index (χ0n) is 6.55. The first kappa shape index (κ1) is 12.6. The van der Waals surface area contributed by atoms with E-state index in [1.54, 1.807) is 0 Å². The Kier molecular flexibility index (Phi) is 5.64. The van der Waals surface area contributed by atoms with E-state index in [1.165, 1.54) is 0 Å². The molecule has 1 aliphatic carbocycles. The van der Waals surface area contributed by atoms with Crippen LogP contribution >= 0.6 is 0 Å². The summed E-state index contributed by atoms with van der Waals surface area (Å²) < 4.78 is 32.8. The third-order valence-electron chi connectivity index (χ3n) is 1.92. The minimum atomic E-state index is -4.22. The van der Waals surface area contributed by atoms with Gasteiger partial charge in [0.1, 0.15) is 0 Å². The van der Waals surface area contributed by atoms with Crippen LogP contribution in [0.5, 0.6) is 0 Å². The molecular formula is C6H12AgNO3S. The van der Waals surface area contributed by atoms with E-state index in [0.29, 0.717) is 0 Å². The molecule has 4 nitrogen and oxygen atoms in total. The van der Waals surface area contributed by atoms with Crippen LogP contribution in [0.2, 0.25) is 0 Å². The van der Waals surface area contributed by atoms with Gasteiger partial charge in [-0.1, -0.05) is 19.3 Å². The predicted octanol–water partition coefficient (Wildman–Crippen LogP) is 0.366. The molecule has 0 atom stereocenters. The number of nitrogens with one attached hydrogen (secondary N) is 1. The van der Waals surface area contributed by atoms with E-state index in [2.05, 4.69) is 4.72 Å². The molecule has 6 heteroatoms. The molecule has 0 amide bonds. The molecule has 0 heterocycles. The third-order valence-corrected chi connectivity index (χ3v) is 2.54. The zero-order chi connectivity index (χ0) is 8.32. The first-order chi connectivity index (χ1) is 5.08. The second-order valence-electron chi connectivity index (χ2n) is 2.91. The zero-order valence-corrected chi connectivity index (χ0v) is 8.85. The van der Waals surface area contributed by atoms with Gasteiger partial charge in [-0.05, 0) is 12.8 Å². The average molecular weight is 286 g/mol. The summed E-state index contributed by atoms with van der Waals surface area (Å²) in [7, 11) is -4.22. The second kappa shape index (κ2) is 5.36. The Morgan fingerprint density at radius 3 is 2.08 bits per heavy atom. The maximum Gasteiger partial charge on any atom is 1.00 e. The van der Waals surface area contributed by atoms with Gasteiger partial charge in [0.25, 0.3) is 0 Å². The van der Waals surface area contributed by atoms with Gasteiger partial charge in [0.05, 0.1) is 0 Å². The molecule has 1 saturated carbocycles. The number of hydrogen-bond donors (Lipinski definition) is 1. The average Bonchev–Trinajstić information content (AvgIpc) is 1.85. The molecule has 0 radical (unpaired) electrons. The van der Waals surface area contributed by atoms with E-state index in [1.807, 2.05) is 0 Å². The molecule has 1 aliphatic rings. The maximum absolute atomic E-state index is 10.2. The molecule has 0 aromatic carbocycles. The Morgan fingerprint density at radius 2 is 1.67 bits per heavy atom. The Labute approximate surface area is 88.5 Å². The van der Waals surface area contributed by atoms with Crippen molar-refractivity contribution >= 4 is 10.3 Å². The fourth-order valence-corrected chi connectivity index (χ4v) is 2.07. The molecule has 12 heavy (non-hydrogen) atoms.